The van der Waals surface area contributed by atoms with Gasteiger partial charge in [-0.2, -0.15) is 35.1 Å². The van der Waals surface area contributed by atoms with Crippen LogP contribution in [0.3, 0.4) is 0 Å². The summed E-state index contributed by atoms with van der Waals surface area (Å²) in [6.07, 6.45) is 2.19. The Hall–Kier alpha value is -1.32. The summed E-state index contributed by atoms with van der Waals surface area (Å²) in [7, 11) is -5.68. The Bertz CT molecular complexity index is 773. The van der Waals surface area contributed by atoms with E-state index in [-0.39, 0.29) is 25.7 Å². The summed E-state index contributed by atoms with van der Waals surface area (Å²) in [5.74, 6) is -0.321. The molecule has 0 radical (unpaired) electrons. The zero-order valence-electron chi connectivity index (χ0n) is 12.5. The molecule has 0 aromatic heterocycles. The maximum Gasteiger partial charge on any atom is 0.534 e. The standard InChI is InChI=1S/C15H13F3O3S2.H2S/c1-22-13-8-6-11(7-9-13)10-12-4-2-3-5-14(12)21-23(19,20)15(16,17)18;/h2-9H,10H2,1H3;1H2. The first kappa shape index (κ1) is 20.7. The first-order chi connectivity index (χ1) is 10.7. The summed E-state index contributed by atoms with van der Waals surface area (Å²) in [5.41, 5.74) is -4.26. The van der Waals surface area contributed by atoms with E-state index in [1.807, 2.05) is 30.5 Å². The number of para-hydroxylation sites is 1. The number of hydrogen-bond acceptors (Lipinski definition) is 4. The fourth-order valence-corrected chi connectivity index (χ4v) is 2.76. The smallest absolute Gasteiger partial charge is 0.376 e. The minimum Gasteiger partial charge on any atom is -0.376 e. The van der Waals surface area contributed by atoms with Crippen LogP contribution in [0, 0.1) is 0 Å². The first-order valence-corrected chi connectivity index (χ1v) is 9.08. The van der Waals surface area contributed by atoms with E-state index >= 15 is 0 Å². The van der Waals surface area contributed by atoms with Gasteiger partial charge in [-0.05, 0) is 30.0 Å². The molecule has 3 nitrogen and oxygen atoms in total. The summed E-state index contributed by atoms with van der Waals surface area (Å²) in [6, 6.07) is 13.2. The number of alkyl halides is 3. The lowest BCUT2D eigenvalue weighted by atomic mass is 10.0. The lowest BCUT2D eigenvalue weighted by molar-refractivity contribution is -0.0500. The molecule has 24 heavy (non-hydrogen) atoms. The predicted molar refractivity (Wildman–Crippen MR) is 93.5 cm³/mol. The monoisotopic (exact) mass is 396 g/mol. The van der Waals surface area contributed by atoms with E-state index in [2.05, 4.69) is 4.18 Å². The van der Waals surface area contributed by atoms with Gasteiger partial charge in [0.2, 0.25) is 0 Å². The second-order valence-corrected chi connectivity index (χ2v) is 7.03. The van der Waals surface area contributed by atoms with Crippen molar-refractivity contribution >= 4 is 35.4 Å². The van der Waals surface area contributed by atoms with Crippen molar-refractivity contribution in [1.82, 2.24) is 0 Å². The Balaban J connectivity index is 0.00000288. The molecule has 2 aromatic carbocycles. The summed E-state index contributed by atoms with van der Waals surface area (Å²) >= 11 is 1.57. The fourth-order valence-electron chi connectivity index (χ4n) is 1.86. The highest BCUT2D eigenvalue weighted by atomic mass is 32.2. The summed E-state index contributed by atoms with van der Waals surface area (Å²) in [5, 5.41) is 0. The van der Waals surface area contributed by atoms with Crippen molar-refractivity contribution in [3.05, 3.63) is 59.7 Å². The van der Waals surface area contributed by atoms with Gasteiger partial charge in [-0.25, -0.2) is 0 Å². The van der Waals surface area contributed by atoms with Gasteiger partial charge in [0.1, 0.15) is 5.75 Å². The molecule has 132 valence electrons. The van der Waals surface area contributed by atoms with E-state index < -0.39 is 15.6 Å². The van der Waals surface area contributed by atoms with Crippen LogP contribution in [0.1, 0.15) is 11.1 Å². The Labute approximate surface area is 149 Å². The van der Waals surface area contributed by atoms with Crippen LogP contribution in [0.25, 0.3) is 0 Å². The van der Waals surface area contributed by atoms with Crippen molar-refractivity contribution in [2.45, 2.75) is 16.8 Å². The normalized spacial score (nSPS) is 11.7. The maximum atomic E-state index is 12.4. The number of halogens is 3. The average Bonchev–Trinajstić information content (AvgIpc) is 2.48. The van der Waals surface area contributed by atoms with Crippen LogP contribution in [-0.4, -0.2) is 20.2 Å². The van der Waals surface area contributed by atoms with Crippen molar-refractivity contribution in [3.63, 3.8) is 0 Å². The van der Waals surface area contributed by atoms with Gasteiger partial charge in [-0.3, -0.25) is 0 Å². The van der Waals surface area contributed by atoms with Crippen LogP contribution in [0.4, 0.5) is 13.2 Å². The van der Waals surface area contributed by atoms with Crippen molar-refractivity contribution in [3.8, 4) is 5.75 Å². The number of thioether (sulfide) groups is 1. The number of rotatable bonds is 5. The van der Waals surface area contributed by atoms with Crippen molar-refractivity contribution in [2.24, 2.45) is 0 Å². The topological polar surface area (TPSA) is 43.4 Å². The third-order valence-corrected chi connectivity index (χ3v) is 4.72. The zero-order chi connectivity index (χ0) is 17.1. The molecular formula is C15H15F3O3S3. The van der Waals surface area contributed by atoms with Gasteiger partial charge in [0.15, 0.2) is 0 Å². The van der Waals surface area contributed by atoms with Crippen LogP contribution in [-0.2, 0) is 16.5 Å². The molecule has 9 heteroatoms. The molecule has 0 saturated heterocycles. The molecule has 0 bridgehead atoms. The van der Waals surface area contributed by atoms with E-state index in [0.717, 1.165) is 10.5 Å². The Morgan fingerprint density at radius 3 is 2.17 bits per heavy atom. The Morgan fingerprint density at radius 2 is 1.62 bits per heavy atom. The molecular weight excluding hydrogens is 381 g/mol. The van der Waals surface area contributed by atoms with Crippen LogP contribution in [0.15, 0.2) is 53.4 Å². The number of hydrogen-bond donors (Lipinski definition) is 0. The molecule has 0 aliphatic heterocycles. The van der Waals surface area contributed by atoms with Gasteiger partial charge in [-0.1, -0.05) is 30.3 Å². The van der Waals surface area contributed by atoms with E-state index in [9.17, 15) is 21.6 Å². The molecule has 0 atom stereocenters. The van der Waals surface area contributed by atoms with Gasteiger partial charge in [-0.15, -0.1) is 11.8 Å². The average molecular weight is 396 g/mol. The molecule has 0 aliphatic rings. The minimum atomic E-state index is -5.68. The molecule has 2 rings (SSSR count). The van der Waals surface area contributed by atoms with Crippen molar-refractivity contribution in [1.29, 1.82) is 0 Å². The van der Waals surface area contributed by atoms with Gasteiger partial charge < -0.3 is 4.18 Å². The van der Waals surface area contributed by atoms with Crippen LogP contribution >= 0.6 is 25.3 Å². The second kappa shape index (κ2) is 8.17. The Kier molecular flexibility index (Phi) is 7.06. The lowest BCUT2D eigenvalue weighted by Crippen LogP contribution is -2.28. The highest BCUT2D eigenvalue weighted by molar-refractivity contribution is 7.98. The second-order valence-electron chi connectivity index (χ2n) is 4.62. The quantitative estimate of drug-likeness (QED) is 0.428. The molecule has 0 saturated carbocycles. The van der Waals surface area contributed by atoms with Crippen LogP contribution in [0.2, 0.25) is 0 Å². The van der Waals surface area contributed by atoms with Crippen LogP contribution in [0.5, 0.6) is 5.75 Å². The fraction of sp³-hybridized carbons (Fsp3) is 0.200. The summed E-state index contributed by atoms with van der Waals surface area (Å²) < 4.78 is 63.9. The van der Waals surface area contributed by atoms with E-state index in [4.69, 9.17) is 0 Å². The maximum absolute atomic E-state index is 12.4. The van der Waals surface area contributed by atoms with E-state index in [1.165, 1.54) is 18.2 Å². The minimum absolute atomic E-state index is 0. The summed E-state index contributed by atoms with van der Waals surface area (Å²) in [4.78, 5) is 1.05. The van der Waals surface area contributed by atoms with Gasteiger partial charge >= 0.3 is 15.6 Å². The Morgan fingerprint density at radius 1 is 1.04 bits per heavy atom. The molecule has 0 unspecified atom stereocenters. The third kappa shape index (κ3) is 5.09. The third-order valence-electron chi connectivity index (χ3n) is 3.01. The lowest BCUT2D eigenvalue weighted by Gasteiger charge is -2.13. The van der Waals surface area contributed by atoms with Gasteiger partial charge in [0.05, 0.1) is 0 Å². The highest BCUT2D eigenvalue weighted by Gasteiger charge is 2.48. The molecule has 0 fully saturated rings. The highest BCUT2D eigenvalue weighted by Crippen LogP contribution is 2.30. The zero-order valence-corrected chi connectivity index (χ0v) is 15.1. The molecule has 0 N–H and O–H groups in total. The van der Waals surface area contributed by atoms with Crippen molar-refractivity contribution < 1.29 is 25.8 Å². The number of benzene rings is 2. The van der Waals surface area contributed by atoms with Crippen LogP contribution < -0.4 is 4.18 Å². The van der Waals surface area contributed by atoms with Gasteiger partial charge in [0, 0.05) is 16.9 Å². The molecule has 0 aliphatic carbocycles. The SMILES string of the molecule is CSc1ccc(Cc2ccccc2OS(=O)(=O)C(F)(F)F)cc1.S. The van der Waals surface area contributed by atoms with E-state index in [1.54, 1.807) is 17.8 Å². The predicted octanol–water partition coefficient (Wildman–Crippen LogP) is 4.34. The molecule has 2 aromatic rings. The summed E-state index contributed by atoms with van der Waals surface area (Å²) in [6.45, 7) is 0. The van der Waals surface area contributed by atoms with Crippen molar-refractivity contribution in [2.75, 3.05) is 6.26 Å². The first-order valence-electron chi connectivity index (χ1n) is 6.44. The molecule has 0 spiro atoms. The largest absolute Gasteiger partial charge is 0.534 e. The molecule has 0 heterocycles. The van der Waals surface area contributed by atoms with E-state index in [0.29, 0.717) is 5.56 Å². The molecule has 0 amide bonds. The van der Waals surface area contributed by atoms with Gasteiger partial charge in [0.25, 0.3) is 0 Å².